The highest BCUT2D eigenvalue weighted by molar-refractivity contribution is 7.10. The summed E-state index contributed by atoms with van der Waals surface area (Å²) >= 11 is 1.28. The van der Waals surface area contributed by atoms with Crippen molar-refractivity contribution in [2.45, 2.75) is 25.3 Å². The van der Waals surface area contributed by atoms with Crippen LogP contribution < -0.4 is 10.6 Å². The zero-order chi connectivity index (χ0) is 13.1. The molecule has 0 saturated carbocycles. The number of imide groups is 1. The minimum absolute atomic E-state index is 0.114. The molecular formula is C11H12N2O4S. The molecule has 3 amide bonds. The maximum absolute atomic E-state index is 11.7. The van der Waals surface area contributed by atoms with Gasteiger partial charge in [0.15, 0.2) is 0 Å². The van der Waals surface area contributed by atoms with Crippen molar-refractivity contribution in [3.8, 4) is 5.75 Å². The van der Waals surface area contributed by atoms with Crippen LogP contribution in [0.3, 0.4) is 0 Å². The predicted molar refractivity (Wildman–Crippen MR) is 64.0 cm³/mol. The number of piperidine rings is 1. The highest BCUT2D eigenvalue weighted by Gasteiger charge is 2.27. The molecule has 96 valence electrons. The first kappa shape index (κ1) is 12.6. The van der Waals surface area contributed by atoms with E-state index in [1.54, 1.807) is 0 Å². The summed E-state index contributed by atoms with van der Waals surface area (Å²) in [5, 5.41) is 15.4. The molecule has 1 aromatic rings. The second kappa shape index (κ2) is 5.18. The van der Waals surface area contributed by atoms with Gasteiger partial charge in [0.2, 0.25) is 17.7 Å². The number of carbonyl (C=O) groups is 3. The van der Waals surface area contributed by atoms with E-state index in [-0.39, 0.29) is 30.4 Å². The van der Waals surface area contributed by atoms with Crippen molar-refractivity contribution in [1.82, 2.24) is 10.6 Å². The molecule has 1 atom stereocenters. The summed E-state index contributed by atoms with van der Waals surface area (Å²) in [4.78, 5) is 34.7. The van der Waals surface area contributed by atoms with Gasteiger partial charge < -0.3 is 10.4 Å². The van der Waals surface area contributed by atoms with Gasteiger partial charge in [-0.15, -0.1) is 11.3 Å². The molecule has 0 radical (unpaired) electrons. The van der Waals surface area contributed by atoms with Gasteiger partial charge in [-0.25, -0.2) is 0 Å². The number of hydrogen-bond acceptors (Lipinski definition) is 5. The molecule has 1 unspecified atom stereocenters. The molecule has 3 N–H and O–H groups in total. The summed E-state index contributed by atoms with van der Waals surface area (Å²) in [7, 11) is 0. The van der Waals surface area contributed by atoms with Crippen molar-refractivity contribution in [2.24, 2.45) is 0 Å². The van der Waals surface area contributed by atoms with E-state index in [1.165, 1.54) is 22.8 Å². The number of hydrogen-bond donors (Lipinski definition) is 3. The highest BCUT2D eigenvalue weighted by atomic mass is 32.1. The van der Waals surface area contributed by atoms with E-state index in [0.717, 1.165) is 4.88 Å². The molecule has 0 spiro atoms. The molecule has 1 aliphatic heterocycles. The van der Waals surface area contributed by atoms with Gasteiger partial charge in [0.1, 0.15) is 11.8 Å². The fourth-order valence-corrected chi connectivity index (χ4v) is 2.44. The standard InChI is InChI=1S/C11H12N2O4S/c14-6-3-7(18-5-6)4-10(16)12-8-1-2-9(15)13-11(8)17/h3,5,8,14H,1-2,4H2,(H,12,16)(H,13,15,17). The Bertz CT molecular complexity index is 497. The summed E-state index contributed by atoms with van der Waals surface area (Å²) in [6.45, 7) is 0. The molecule has 1 saturated heterocycles. The van der Waals surface area contributed by atoms with Crippen LogP contribution in [0.4, 0.5) is 0 Å². The number of thiophene rings is 1. The third kappa shape index (κ3) is 3.07. The van der Waals surface area contributed by atoms with Crippen LogP contribution >= 0.6 is 11.3 Å². The predicted octanol–water partition coefficient (Wildman–Crippen LogP) is -0.0824. The Kier molecular flexibility index (Phi) is 3.61. The van der Waals surface area contributed by atoms with Gasteiger partial charge in [0, 0.05) is 16.7 Å². The lowest BCUT2D eigenvalue weighted by Crippen LogP contribution is -2.52. The summed E-state index contributed by atoms with van der Waals surface area (Å²) in [6, 6.07) is 0.859. The Morgan fingerprint density at radius 2 is 2.33 bits per heavy atom. The van der Waals surface area contributed by atoms with Gasteiger partial charge in [-0.1, -0.05) is 0 Å². The Balaban J connectivity index is 1.87. The quantitative estimate of drug-likeness (QED) is 0.668. The van der Waals surface area contributed by atoms with Crippen molar-refractivity contribution < 1.29 is 19.5 Å². The van der Waals surface area contributed by atoms with E-state index >= 15 is 0 Å². The molecule has 6 nitrogen and oxygen atoms in total. The molecule has 7 heteroatoms. The smallest absolute Gasteiger partial charge is 0.249 e. The van der Waals surface area contributed by atoms with Gasteiger partial charge in [0.25, 0.3) is 0 Å². The van der Waals surface area contributed by atoms with Crippen LogP contribution in [-0.2, 0) is 20.8 Å². The lowest BCUT2D eigenvalue weighted by atomic mass is 10.1. The van der Waals surface area contributed by atoms with Crippen LogP contribution in [0, 0.1) is 0 Å². The maximum atomic E-state index is 11.7. The second-order valence-electron chi connectivity index (χ2n) is 4.02. The Labute approximate surface area is 107 Å². The fraction of sp³-hybridized carbons (Fsp3) is 0.364. The molecule has 1 aliphatic rings. The minimum Gasteiger partial charge on any atom is -0.507 e. The van der Waals surface area contributed by atoms with Crippen LogP contribution in [-0.4, -0.2) is 28.9 Å². The summed E-state index contributed by atoms with van der Waals surface area (Å²) in [5.41, 5.74) is 0. The first-order valence-electron chi connectivity index (χ1n) is 5.44. The number of aromatic hydroxyl groups is 1. The van der Waals surface area contributed by atoms with Crippen LogP contribution in [0.1, 0.15) is 17.7 Å². The topological polar surface area (TPSA) is 95.5 Å². The summed E-state index contributed by atoms with van der Waals surface area (Å²) in [6.07, 6.45) is 0.672. The summed E-state index contributed by atoms with van der Waals surface area (Å²) < 4.78 is 0. The maximum Gasteiger partial charge on any atom is 0.249 e. The fourth-order valence-electron chi connectivity index (χ4n) is 1.70. The first-order chi connectivity index (χ1) is 8.54. The lowest BCUT2D eigenvalue weighted by Gasteiger charge is -2.21. The largest absolute Gasteiger partial charge is 0.507 e. The normalized spacial score (nSPS) is 19.4. The molecule has 0 aliphatic carbocycles. The van der Waals surface area contributed by atoms with Gasteiger partial charge in [-0.2, -0.15) is 0 Å². The van der Waals surface area contributed by atoms with Gasteiger partial charge >= 0.3 is 0 Å². The van der Waals surface area contributed by atoms with E-state index < -0.39 is 11.9 Å². The third-order valence-corrected chi connectivity index (χ3v) is 3.47. The molecule has 2 heterocycles. The number of nitrogens with one attached hydrogen (secondary N) is 2. The van der Waals surface area contributed by atoms with E-state index in [0.29, 0.717) is 6.42 Å². The zero-order valence-electron chi connectivity index (χ0n) is 9.43. The Morgan fingerprint density at radius 3 is 2.94 bits per heavy atom. The Hall–Kier alpha value is -1.89. The van der Waals surface area contributed by atoms with Crippen molar-refractivity contribution in [3.05, 3.63) is 16.3 Å². The highest BCUT2D eigenvalue weighted by Crippen LogP contribution is 2.20. The van der Waals surface area contributed by atoms with Crippen LogP contribution in [0.5, 0.6) is 5.75 Å². The van der Waals surface area contributed by atoms with Crippen molar-refractivity contribution >= 4 is 29.1 Å². The SMILES string of the molecule is O=C1CCC(NC(=O)Cc2cc(O)cs2)C(=O)N1. The summed E-state index contributed by atoms with van der Waals surface area (Å²) in [5.74, 6) is -0.947. The van der Waals surface area contributed by atoms with Gasteiger partial charge in [-0.3, -0.25) is 19.7 Å². The van der Waals surface area contributed by atoms with E-state index in [4.69, 9.17) is 5.11 Å². The average Bonchev–Trinajstić information content (AvgIpc) is 2.68. The van der Waals surface area contributed by atoms with E-state index in [1.807, 2.05) is 0 Å². The van der Waals surface area contributed by atoms with Crippen LogP contribution in [0.15, 0.2) is 11.4 Å². The molecule has 2 rings (SSSR count). The molecule has 1 aromatic heterocycles. The lowest BCUT2D eigenvalue weighted by molar-refractivity contribution is -0.137. The zero-order valence-corrected chi connectivity index (χ0v) is 10.3. The first-order valence-corrected chi connectivity index (χ1v) is 6.32. The van der Waals surface area contributed by atoms with Crippen LogP contribution in [0.2, 0.25) is 0 Å². The van der Waals surface area contributed by atoms with E-state index in [9.17, 15) is 14.4 Å². The average molecular weight is 268 g/mol. The van der Waals surface area contributed by atoms with Crippen molar-refractivity contribution in [1.29, 1.82) is 0 Å². The monoisotopic (exact) mass is 268 g/mol. The number of amides is 3. The van der Waals surface area contributed by atoms with E-state index in [2.05, 4.69) is 10.6 Å². The Morgan fingerprint density at radius 1 is 1.56 bits per heavy atom. The molecule has 0 bridgehead atoms. The van der Waals surface area contributed by atoms with Crippen molar-refractivity contribution in [2.75, 3.05) is 0 Å². The van der Waals surface area contributed by atoms with Crippen molar-refractivity contribution in [3.63, 3.8) is 0 Å². The minimum atomic E-state index is -0.649. The van der Waals surface area contributed by atoms with Gasteiger partial charge in [-0.05, 0) is 12.5 Å². The third-order valence-electron chi connectivity index (χ3n) is 2.55. The number of rotatable bonds is 3. The molecule has 0 aromatic carbocycles. The van der Waals surface area contributed by atoms with Gasteiger partial charge in [0.05, 0.1) is 6.42 Å². The number of carbonyl (C=O) groups excluding carboxylic acids is 3. The van der Waals surface area contributed by atoms with Crippen LogP contribution in [0.25, 0.3) is 0 Å². The molecular weight excluding hydrogens is 256 g/mol. The molecule has 1 fully saturated rings. The second-order valence-corrected chi connectivity index (χ2v) is 5.01. The molecule has 18 heavy (non-hydrogen) atoms.